The number of fused-ring (bicyclic) bond motifs is 1. The van der Waals surface area contributed by atoms with E-state index in [4.69, 9.17) is 14.0 Å². The molecule has 3 heterocycles. The van der Waals surface area contributed by atoms with E-state index in [1.165, 1.54) is 4.57 Å². The molecule has 0 bridgehead atoms. The molecule has 3 rings (SSSR count). The molecule has 9 heteroatoms. The van der Waals surface area contributed by atoms with Crippen LogP contribution in [0, 0.1) is 0 Å². The Bertz CT molecular complexity index is 1110. The van der Waals surface area contributed by atoms with E-state index in [-0.39, 0.29) is 6.04 Å². The van der Waals surface area contributed by atoms with Crippen LogP contribution in [0.25, 0.3) is 16.6 Å². The number of rotatable bonds is 5. The van der Waals surface area contributed by atoms with Gasteiger partial charge in [-0.3, -0.25) is 4.99 Å². The zero-order valence-corrected chi connectivity index (χ0v) is 22.0. The van der Waals surface area contributed by atoms with Crippen molar-refractivity contribution in [1.82, 2.24) is 14.9 Å². The van der Waals surface area contributed by atoms with Gasteiger partial charge in [-0.25, -0.2) is 14.3 Å². The molecular weight excluding hydrogens is 431 g/mol. The van der Waals surface area contributed by atoms with Crippen LogP contribution in [0.1, 0.15) is 67.9 Å². The summed E-state index contributed by atoms with van der Waals surface area (Å²) in [7, 11) is 1.07. The maximum atomic E-state index is 13.0. The minimum absolute atomic E-state index is 0.269. The SMILES string of the molecule is C/N=C\C(=C/NC(C)C)c1cnc2c(c1)c(B1OC(C)(C)C(C)(C)O1)cn2C(=O)OC(C)(C)C. The molecule has 0 spiro atoms. The van der Waals surface area contributed by atoms with E-state index in [2.05, 4.69) is 29.1 Å². The quantitative estimate of drug-likeness (QED) is 0.524. The van der Waals surface area contributed by atoms with Crippen LogP contribution in [0.3, 0.4) is 0 Å². The van der Waals surface area contributed by atoms with Crippen molar-refractivity contribution in [2.75, 3.05) is 7.05 Å². The van der Waals surface area contributed by atoms with Crippen LogP contribution in [-0.4, -0.2) is 58.9 Å². The van der Waals surface area contributed by atoms with Gasteiger partial charge < -0.3 is 19.4 Å². The Morgan fingerprint density at radius 2 is 1.85 bits per heavy atom. The first-order valence-corrected chi connectivity index (χ1v) is 11.6. The maximum absolute atomic E-state index is 13.0. The lowest BCUT2D eigenvalue weighted by molar-refractivity contribution is 0.00578. The molecule has 0 radical (unpaired) electrons. The number of carbonyl (C=O) groups is 1. The second kappa shape index (κ2) is 9.19. The van der Waals surface area contributed by atoms with Gasteiger partial charge in [-0.2, -0.15) is 0 Å². The highest BCUT2D eigenvalue weighted by molar-refractivity contribution is 6.65. The highest BCUT2D eigenvalue weighted by Crippen LogP contribution is 2.37. The van der Waals surface area contributed by atoms with E-state index in [1.807, 2.05) is 60.7 Å². The lowest BCUT2D eigenvalue weighted by atomic mass is 9.79. The second-order valence-electron chi connectivity index (χ2n) is 10.9. The Morgan fingerprint density at radius 1 is 1.24 bits per heavy atom. The monoisotopic (exact) mass is 468 g/mol. The number of nitrogens with one attached hydrogen (secondary N) is 1. The molecule has 2 aromatic rings. The maximum Gasteiger partial charge on any atom is 0.497 e. The summed E-state index contributed by atoms with van der Waals surface area (Å²) in [6.45, 7) is 17.6. The molecule has 184 valence electrons. The first-order chi connectivity index (χ1) is 15.6. The van der Waals surface area contributed by atoms with E-state index < -0.39 is 30.0 Å². The normalized spacial score (nSPS) is 18.3. The number of hydrogen-bond acceptors (Lipinski definition) is 7. The van der Waals surface area contributed by atoms with Crippen LogP contribution >= 0.6 is 0 Å². The molecule has 0 aromatic carbocycles. The van der Waals surface area contributed by atoms with Crippen molar-refractivity contribution in [3.63, 3.8) is 0 Å². The summed E-state index contributed by atoms with van der Waals surface area (Å²) in [5, 5.41) is 4.06. The Labute approximate surface area is 202 Å². The van der Waals surface area contributed by atoms with Gasteiger partial charge in [0.1, 0.15) is 11.2 Å². The van der Waals surface area contributed by atoms with E-state index in [0.29, 0.717) is 5.65 Å². The summed E-state index contributed by atoms with van der Waals surface area (Å²) in [5.74, 6) is 0. The van der Waals surface area contributed by atoms with Crippen LogP contribution in [0.2, 0.25) is 0 Å². The molecule has 0 saturated carbocycles. The molecule has 2 aromatic heterocycles. The molecule has 0 amide bonds. The van der Waals surface area contributed by atoms with Gasteiger partial charge in [-0.05, 0) is 68.4 Å². The largest absolute Gasteiger partial charge is 0.497 e. The molecule has 1 aliphatic rings. The second-order valence-corrected chi connectivity index (χ2v) is 10.9. The summed E-state index contributed by atoms with van der Waals surface area (Å²) in [5.41, 5.74) is 1.23. The summed E-state index contributed by atoms with van der Waals surface area (Å²) in [6.07, 6.45) is 6.62. The van der Waals surface area contributed by atoms with Gasteiger partial charge in [0.15, 0.2) is 0 Å². The van der Waals surface area contributed by atoms with E-state index in [1.54, 1.807) is 25.7 Å². The topological polar surface area (TPSA) is 87.0 Å². The number of aliphatic imine (C=N–C) groups is 1. The third kappa shape index (κ3) is 5.36. The molecular formula is C25H37BN4O4. The minimum atomic E-state index is -0.658. The Hall–Kier alpha value is -2.65. The third-order valence-corrected chi connectivity index (χ3v) is 5.95. The smallest absolute Gasteiger partial charge is 0.443 e. The highest BCUT2D eigenvalue weighted by Gasteiger charge is 2.52. The van der Waals surface area contributed by atoms with Crippen LogP contribution < -0.4 is 10.8 Å². The Kier molecular flexibility index (Phi) is 7.02. The molecule has 1 fully saturated rings. The van der Waals surface area contributed by atoms with Gasteiger partial charge in [0, 0.05) is 59.9 Å². The van der Waals surface area contributed by atoms with Gasteiger partial charge in [0.25, 0.3) is 0 Å². The number of ether oxygens (including phenoxy) is 1. The predicted molar refractivity (Wildman–Crippen MR) is 138 cm³/mol. The lowest BCUT2D eigenvalue weighted by Gasteiger charge is -2.32. The number of pyridine rings is 1. The van der Waals surface area contributed by atoms with Crippen molar-refractivity contribution >= 4 is 41.5 Å². The Balaban J connectivity index is 2.18. The summed E-state index contributed by atoms with van der Waals surface area (Å²) >= 11 is 0. The van der Waals surface area contributed by atoms with Gasteiger partial charge in [0.05, 0.1) is 11.2 Å². The molecule has 0 atom stereocenters. The van der Waals surface area contributed by atoms with Crippen molar-refractivity contribution in [3.8, 4) is 0 Å². The molecule has 1 N–H and O–H groups in total. The fourth-order valence-corrected chi connectivity index (χ4v) is 3.49. The molecule has 8 nitrogen and oxygen atoms in total. The average molecular weight is 468 g/mol. The summed E-state index contributed by atoms with van der Waals surface area (Å²) in [6, 6.07) is 2.25. The zero-order chi connectivity index (χ0) is 25.5. The molecule has 0 aliphatic carbocycles. The van der Waals surface area contributed by atoms with Gasteiger partial charge in [-0.1, -0.05) is 0 Å². The first-order valence-electron chi connectivity index (χ1n) is 11.6. The number of carbonyl (C=O) groups excluding carboxylic acids is 1. The number of hydrogen-bond donors (Lipinski definition) is 1. The molecule has 1 aliphatic heterocycles. The van der Waals surface area contributed by atoms with Gasteiger partial charge in [0.2, 0.25) is 0 Å². The third-order valence-electron chi connectivity index (χ3n) is 5.95. The molecule has 1 saturated heterocycles. The van der Waals surface area contributed by atoms with E-state index >= 15 is 0 Å². The number of allylic oxidation sites excluding steroid dienone is 1. The van der Waals surface area contributed by atoms with Crippen molar-refractivity contribution in [2.24, 2.45) is 4.99 Å². The van der Waals surface area contributed by atoms with Gasteiger partial charge >= 0.3 is 13.2 Å². The van der Waals surface area contributed by atoms with Crippen molar-refractivity contribution in [1.29, 1.82) is 0 Å². The minimum Gasteiger partial charge on any atom is -0.443 e. The standard InChI is InChI=1S/C25H37BN4O4/c1-16(2)28-14-18(12-27-10)17-11-19-20(26-33-24(6,7)25(8,9)34-26)15-30(21(19)29-13-17)22(31)32-23(3,4)5/h11-16,28H,1-10H3/b18-14+,27-12-. The molecule has 0 unspecified atom stereocenters. The fourth-order valence-electron chi connectivity index (χ4n) is 3.49. The first kappa shape index (κ1) is 26.0. The fraction of sp³-hybridized carbons (Fsp3) is 0.560. The summed E-state index contributed by atoms with van der Waals surface area (Å²) < 4.78 is 19.7. The lowest BCUT2D eigenvalue weighted by Crippen LogP contribution is -2.41. The van der Waals surface area contributed by atoms with E-state index in [0.717, 1.165) is 22.0 Å². The zero-order valence-electron chi connectivity index (χ0n) is 22.0. The van der Waals surface area contributed by atoms with Crippen molar-refractivity contribution in [3.05, 3.63) is 30.2 Å². The Morgan fingerprint density at radius 3 is 2.38 bits per heavy atom. The number of aromatic nitrogens is 2. The van der Waals surface area contributed by atoms with Crippen LogP contribution in [0.5, 0.6) is 0 Å². The average Bonchev–Trinajstić information content (AvgIpc) is 3.17. The predicted octanol–water partition coefficient (Wildman–Crippen LogP) is 4.16. The summed E-state index contributed by atoms with van der Waals surface area (Å²) in [4.78, 5) is 21.9. The van der Waals surface area contributed by atoms with Crippen molar-refractivity contribution in [2.45, 2.75) is 85.2 Å². The highest BCUT2D eigenvalue weighted by atomic mass is 16.7. The van der Waals surface area contributed by atoms with E-state index in [9.17, 15) is 4.79 Å². The number of nitrogens with zero attached hydrogens (tertiary/aromatic N) is 3. The van der Waals surface area contributed by atoms with Gasteiger partial charge in [-0.15, -0.1) is 0 Å². The van der Waals surface area contributed by atoms with Crippen LogP contribution in [-0.2, 0) is 14.0 Å². The molecule has 34 heavy (non-hydrogen) atoms. The van der Waals surface area contributed by atoms with Crippen molar-refractivity contribution < 1.29 is 18.8 Å². The van der Waals surface area contributed by atoms with Crippen LogP contribution in [0.4, 0.5) is 4.79 Å². The van der Waals surface area contributed by atoms with Crippen LogP contribution in [0.15, 0.2) is 29.7 Å².